The van der Waals surface area contributed by atoms with Crippen LogP contribution in [0.15, 0.2) is 0 Å². The first-order valence-electron chi connectivity index (χ1n) is 5.15. The Balaban J connectivity index is 2.99. The third kappa shape index (κ3) is 11.8. The summed E-state index contributed by atoms with van der Waals surface area (Å²) in [6.07, 6.45) is 0. The number of hydrogen-bond donors (Lipinski definition) is 5. The second-order valence-electron chi connectivity index (χ2n) is 3.77. The summed E-state index contributed by atoms with van der Waals surface area (Å²) in [5.41, 5.74) is 4.54. The highest BCUT2D eigenvalue weighted by Crippen LogP contribution is 1.91. The topological polar surface area (TPSA) is 82.3 Å². The maximum Gasteiger partial charge on any atom is 0.110 e. The van der Waals surface area contributed by atoms with Gasteiger partial charge in [-0.05, 0) is 13.8 Å². The molecule has 0 aliphatic rings. The summed E-state index contributed by atoms with van der Waals surface area (Å²) < 4.78 is 0. The monoisotopic (exact) mass is 204 g/mol. The van der Waals surface area contributed by atoms with Crippen molar-refractivity contribution >= 4 is 0 Å². The van der Waals surface area contributed by atoms with Gasteiger partial charge >= 0.3 is 0 Å². The van der Waals surface area contributed by atoms with E-state index in [0.717, 1.165) is 32.7 Å². The van der Waals surface area contributed by atoms with E-state index in [0.29, 0.717) is 6.54 Å². The van der Waals surface area contributed by atoms with E-state index >= 15 is 0 Å². The molecule has 0 aromatic rings. The van der Waals surface area contributed by atoms with Crippen LogP contribution in [0.3, 0.4) is 0 Å². The van der Waals surface area contributed by atoms with Crippen LogP contribution in [0.2, 0.25) is 0 Å². The fourth-order valence-electron chi connectivity index (χ4n) is 0.986. The van der Waals surface area contributed by atoms with Gasteiger partial charge < -0.3 is 21.5 Å². The number of nitrogens with one attached hydrogen (secondary N) is 3. The van der Waals surface area contributed by atoms with Crippen molar-refractivity contribution in [3.63, 3.8) is 0 Å². The van der Waals surface area contributed by atoms with Crippen LogP contribution >= 0.6 is 0 Å². The summed E-state index contributed by atoms with van der Waals surface area (Å²) in [6.45, 7) is 8.48. The average molecular weight is 204 g/mol. The van der Waals surface area contributed by atoms with E-state index in [1.54, 1.807) is 13.8 Å². The van der Waals surface area contributed by atoms with Gasteiger partial charge in [-0.3, -0.25) is 5.32 Å². The third-order valence-electron chi connectivity index (χ3n) is 1.66. The Morgan fingerprint density at radius 3 is 2.00 bits per heavy atom. The minimum Gasteiger partial charge on any atom is -0.376 e. The van der Waals surface area contributed by atoms with Crippen LogP contribution in [0.4, 0.5) is 0 Å². The number of nitrogens with two attached hydrogens (primary N) is 1. The zero-order chi connectivity index (χ0) is 10.9. The lowest BCUT2D eigenvalue weighted by Gasteiger charge is -2.19. The van der Waals surface area contributed by atoms with Crippen molar-refractivity contribution < 1.29 is 5.11 Å². The molecule has 6 N–H and O–H groups in total. The van der Waals surface area contributed by atoms with Gasteiger partial charge in [-0.2, -0.15) is 0 Å². The van der Waals surface area contributed by atoms with Crippen molar-refractivity contribution in [1.82, 2.24) is 16.0 Å². The zero-order valence-electron chi connectivity index (χ0n) is 9.27. The quantitative estimate of drug-likeness (QED) is 0.232. The highest BCUT2D eigenvalue weighted by molar-refractivity contribution is 4.63. The van der Waals surface area contributed by atoms with Crippen LogP contribution in [0, 0.1) is 0 Å². The van der Waals surface area contributed by atoms with Gasteiger partial charge in [0.15, 0.2) is 0 Å². The highest BCUT2D eigenvalue weighted by atomic mass is 16.3. The molecule has 14 heavy (non-hydrogen) atoms. The van der Waals surface area contributed by atoms with Crippen LogP contribution < -0.4 is 21.7 Å². The van der Waals surface area contributed by atoms with Crippen molar-refractivity contribution in [3.8, 4) is 0 Å². The molecule has 0 spiro atoms. The molecular weight excluding hydrogens is 180 g/mol. The third-order valence-corrected chi connectivity index (χ3v) is 1.66. The molecule has 0 unspecified atom stereocenters. The van der Waals surface area contributed by atoms with Crippen LogP contribution in [0.1, 0.15) is 13.8 Å². The van der Waals surface area contributed by atoms with Gasteiger partial charge in [0.05, 0.1) is 0 Å². The molecule has 0 rings (SSSR count). The number of rotatable bonds is 9. The normalized spacial score (nSPS) is 12.0. The Bertz CT molecular complexity index is 124. The highest BCUT2D eigenvalue weighted by Gasteiger charge is 2.08. The van der Waals surface area contributed by atoms with Gasteiger partial charge in [-0.1, -0.05) is 0 Å². The van der Waals surface area contributed by atoms with Crippen molar-refractivity contribution in [2.45, 2.75) is 19.6 Å². The van der Waals surface area contributed by atoms with Crippen molar-refractivity contribution in [1.29, 1.82) is 0 Å². The van der Waals surface area contributed by atoms with Gasteiger partial charge in [-0.15, -0.1) is 0 Å². The maximum atomic E-state index is 9.33. The Kier molecular flexibility index (Phi) is 8.02. The van der Waals surface area contributed by atoms with Gasteiger partial charge in [0.1, 0.15) is 5.72 Å². The molecule has 86 valence electrons. The smallest absolute Gasteiger partial charge is 0.110 e. The summed E-state index contributed by atoms with van der Waals surface area (Å²) in [5, 5.41) is 18.7. The number of hydrogen-bond acceptors (Lipinski definition) is 5. The fraction of sp³-hybridized carbons (Fsp3) is 1.00. The van der Waals surface area contributed by atoms with Crippen LogP contribution in [0.25, 0.3) is 0 Å². The molecule has 0 fully saturated rings. The van der Waals surface area contributed by atoms with E-state index in [9.17, 15) is 5.11 Å². The Morgan fingerprint density at radius 1 is 1.00 bits per heavy atom. The molecule has 0 atom stereocenters. The minimum absolute atomic E-state index is 0.681. The molecule has 0 heterocycles. The SMILES string of the molecule is CC(C)(O)NCCNCCNCCN. The molecule has 0 aliphatic heterocycles. The fourth-order valence-corrected chi connectivity index (χ4v) is 0.986. The molecule has 0 saturated carbocycles. The standard InChI is InChI=1S/C9H24N4O/c1-9(2,14)13-8-7-12-6-5-11-4-3-10/h11-14H,3-8,10H2,1-2H3. The summed E-state index contributed by atoms with van der Waals surface area (Å²) in [6, 6.07) is 0. The van der Waals surface area contributed by atoms with Crippen molar-refractivity contribution in [3.05, 3.63) is 0 Å². The van der Waals surface area contributed by atoms with E-state index in [4.69, 9.17) is 5.73 Å². The van der Waals surface area contributed by atoms with Gasteiger partial charge in [-0.25, -0.2) is 0 Å². The minimum atomic E-state index is -0.778. The lowest BCUT2D eigenvalue weighted by atomic mass is 10.3. The first-order chi connectivity index (χ1) is 6.56. The molecule has 0 aliphatic carbocycles. The largest absolute Gasteiger partial charge is 0.376 e. The molecule has 0 amide bonds. The van der Waals surface area contributed by atoms with E-state index in [-0.39, 0.29) is 0 Å². The average Bonchev–Trinajstić information content (AvgIpc) is 2.08. The summed E-state index contributed by atoms with van der Waals surface area (Å²) in [7, 11) is 0. The second kappa shape index (κ2) is 8.14. The lowest BCUT2D eigenvalue weighted by molar-refractivity contribution is 0.0444. The molecular formula is C9H24N4O. The van der Waals surface area contributed by atoms with E-state index in [2.05, 4.69) is 16.0 Å². The maximum absolute atomic E-state index is 9.33. The molecule has 0 aromatic carbocycles. The van der Waals surface area contributed by atoms with Gasteiger partial charge in [0.2, 0.25) is 0 Å². The summed E-state index contributed by atoms with van der Waals surface area (Å²) >= 11 is 0. The first kappa shape index (κ1) is 13.8. The van der Waals surface area contributed by atoms with Crippen LogP contribution in [-0.2, 0) is 0 Å². The Hall–Kier alpha value is -0.200. The van der Waals surface area contributed by atoms with E-state index < -0.39 is 5.72 Å². The van der Waals surface area contributed by atoms with Gasteiger partial charge in [0, 0.05) is 39.3 Å². The summed E-state index contributed by atoms with van der Waals surface area (Å²) in [5.74, 6) is 0. The van der Waals surface area contributed by atoms with E-state index in [1.165, 1.54) is 0 Å². The molecule has 0 aromatic heterocycles. The molecule has 0 radical (unpaired) electrons. The van der Waals surface area contributed by atoms with Crippen LogP contribution in [-0.4, -0.2) is 50.1 Å². The van der Waals surface area contributed by atoms with Crippen LogP contribution in [0.5, 0.6) is 0 Å². The lowest BCUT2D eigenvalue weighted by Crippen LogP contribution is -2.43. The Labute approximate surface area is 86.4 Å². The Morgan fingerprint density at radius 2 is 1.50 bits per heavy atom. The predicted molar refractivity (Wildman–Crippen MR) is 59.1 cm³/mol. The van der Waals surface area contributed by atoms with E-state index in [1.807, 2.05) is 0 Å². The zero-order valence-corrected chi connectivity index (χ0v) is 9.27. The molecule has 0 bridgehead atoms. The second-order valence-corrected chi connectivity index (χ2v) is 3.77. The first-order valence-corrected chi connectivity index (χ1v) is 5.15. The molecule has 0 saturated heterocycles. The van der Waals surface area contributed by atoms with Crippen molar-refractivity contribution in [2.75, 3.05) is 39.3 Å². The number of aliphatic hydroxyl groups is 1. The molecule has 5 heteroatoms. The van der Waals surface area contributed by atoms with Gasteiger partial charge in [0.25, 0.3) is 0 Å². The van der Waals surface area contributed by atoms with Crippen molar-refractivity contribution in [2.24, 2.45) is 5.73 Å². The predicted octanol–water partition coefficient (Wildman–Crippen LogP) is -1.56. The summed E-state index contributed by atoms with van der Waals surface area (Å²) in [4.78, 5) is 0. The molecule has 5 nitrogen and oxygen atoms in total.